The molecule has 0 amide bonds. The fraction of sp³-hybridized carbons (Fsp3) is 0.667. The molecule has 2 aliphatic rings. The third-order valence-corrected chi connectivity index (χ3v) is 5.46. The Morgan fingerprint density at radius 3 is 2.55 bits per heavy atom. The van der Waals surface area contributed by atoms with Gasteiger partial charge in [-0.3, -0.25) is 9.80 Å². The topological polar surface area (TPSA) is 18.5 Å². The zero-order valence-electron chi connectivity index (χ0n) is 13.6. The molecule has 0 aliphatic carbocycles. The molecule has 2 aliphatic heterocycles. The molecule has 3 rings (SSSR count). The minimum Gasteiger partial charge on any atom is -0.314 e. The molecule has 2 heterocycles. The van der Waals surface area contributed by atoms with Crippen LogP contribution in [0.2, 0.25) is 5.02 Å². The molecular formula is C18H28ClN3. The smallest absolute Gasteiger partial charge is 0.0406 e. The highest BCUT2D eigenvalue weighted by Gasteiger charge is 2.30. The average Bonchev–Trinajstić information content (AvgIpc) is 2.58. The second-order valence-electron chi connectivity index (χ2n) is 6.64. The molecular weight excluding hydrogens is 294 g/mol. The summed E-state index contributed by atoms with van der Waals surface area (Å²) >= 11 is 5.96. The summed E-state index contributed by atoms with van der Waals surface area (Å²) in [5.41, 5.74) is 1.37. The predicted octanol–water partition coefficient (Wildman–Crippen LogP) is 2.99. The second-order valence-corrected chi connectivity index (χ2v) is 7.07. The van der Waals surface area contributed by atoms with Gasteiger partial charge in [0.25, 0.3) is 0 Å². The van der Waals surface area contributed by atoms with Crippen molar-refractivity contribution in [3.63, 3.8) is 0 Å². The van der Waals surface area contributed by atoms with Gasteiger partial charge in [-0.05, 0) is 50.0 Å². The highest BCUT2D eigenvalue weighted by Crippen LogP contribution is 2.22. The third kappa shape index (κ3) is 4.02. The Kier molecular flexibility index (Phi) is 5.75. The number of nitrogens with one attached hydrogen (secondary N) is 1. The molecule has 0 radical (unpaired) electrons. The number of likely N-dealkylation sites (tertiary alicyclic amines) is 1. The minimum atomic E-state index is 0.738. The van der Waals surface area contributed by atoms with E-state index in [1.807, 2.05) is 12.1 Å². The van der Waals surface area contributed by atoms with Crippen molar-refractivity contribution in [2.24, 2.45) is 0 Å². The first kappa shape index (κ1) is 16.3. The van der Waals surface area contributed by atoms with Crippen LogP contribution in [-0.2, 0) is 6.54 Å². The van der Waals surface area contributed by atoms with Gasteiger partial charge in [-0.1, -0.05) is 30.7 Å². The number of hydrogen-bond acceptors (Lipinski definition) is 3. The number of piperazine rings is 1. The lowest BCUT2D eigenvalue weighted by atomic mass is 9.98. The zero-order chi connectivity index (χ0) is 15.4. The molecule has 3 nitrogen and oxygen atoms in total. The largest absolute Gasteiger partial charge is 0.314 e. The van der Waals surface area contributed by atoms with Crippen molar-refractivity contribution >= 4 is 11.6 Å². The first-order chi connectivity index (χ1) is 10.8. The van der Waals surface area contributed by atoms with Crippen molar-refractivity contribution in [1.29, 1.82) is 0 Å². The van der Waals surface area contributed by atoms with Crippen LogP contribution in [0, 0.1) is 0 Å². The van der Waals surface area contributed by atoms with E-state index in [4.69, 9.17) is 11.6 Å². The Balaban J connectivity index is 1.50. The first-order valence-corrected chi connectivity index (χ1v) is 9.07. The summed E-state index contributed by atoms with van der Waals surface area (Å²) < 4.78 is 0. The normalized spacial score (nSPS) is 25.5. The molecule has 0 unspecified atom stereocenters. The molecule has 1 N–H and O–H groups in total. The van der Waals surface area contributed by atoms with Crippen LogP contribution in [0.1, 0.15) is 31.7 Å². The molecule has 0 spiro atoms. The molecule has 1 aromatic rings. The van der Waals surface area contributed by atoms with Crippen LogP contribution in [0.3, 0.4) is 0 Å². The van der Waals surface area contributed by atoms with Crippen LogP contribution in [0.5, 0.6) is 0 Å². The number of benzene rings is 1. The maximum absolute atomic E-state index is 5.96. The zero-order valence-corrected chi connectivity index (χ0v) is 14.4. The number of piperidine rings is 1. The Morgan fingerprint density at radius 2 is 1.86 bits per heavy atom. The van der Waals surface area contributed by atoms with E-state index in [-0.39, 0.29) is 0 Å². The Morgan fingerprint density at radius 1 is 1.14 bits per heavy atom. The lowest BCUT2D eigenvalue weighted by Crippen LogP contribution is -2.57. The maximum atomic E-state index is 5.96. The summed E-state index contributed by atoms with van der Waals surface area (Å²) in [5.74, 6) is 0. The van der Waals surface area contributed by atoms with Gasteiger partial charge in [0.05, 0.1) is 0 Å². The molecule has 0 bridgehead atoms. The van der Waals surface area contributed by atoms with Gasteiger partial charge in [0.2, 0.25) is 0 Å². The van der Waals surface area contributed by atoms with Crippen LogP contribution in [0.4, 0.5) is 0 Å². The van der Waals surface area contributed by atoms with Crippen LogP contribution in [0.15, 0.2) is 24.3 Å². The summed E-state index contributed by atoms with van der Waals surface area (Å²) in [7, 11) is 0. The fourth-order valence-electron chi connectivity index (χ4n) is 3.89. The van der Waals surface area contributed by atoms with Crippen molar-refractivity contribution < 1.29 is 0 Å². The Hall–Kier alpha value is -0.610. The van der Waals surface area contributed by atoms with Crippen molar-refractivity contribution in [3.05, 3.63) is 34.9 Å². The molecule has 2 saturated heterocycles. The molecule has 2 fully saturated rings. The minimum absolute atomic E-state index is 0.738. The van der Waals surface area contributed by atoms with Crippen molar-refractivity contribution in [1.82, 2.24) is 15.1 Å². The van der Waals surface area contributed by atoms with Crippen LogP contribution in [0.25, 0.3) is 0 Å². The fourth-order valence-corrected chi connectivity index (χ4v) is 4.02. The summed E-state index contributed by atoms with van der Waals surface area (Å²) in [6.07, 6.45) is 3.88. The van der Waals surface area contributed by atoms with Crippen LogP contribution in [-0.4, -0.2) is 54.6 Å². The molecule has 4 heteroatoms. The van der Waals surface area contributed by atoms with Crippen molar-refractivity contribution in [3.8, 4) is 0 Å². The van der Waals surface area contributed by atoms with E-state index < -0.39 is 0 Å². The van der Waals surface area contributed by atoms with Gasteiger partial charge in [-0.2, -0.15) is 0 Å². The SMILES string of the molecule is CC[C@H]1CNCCN1C1CCN(Cc2ccc(Cl)cc2)CC1. The molecule has 0 saturated carbocycles. The van der Waals surface area contributed by atoms with Crippen LogP contribution < -0.4 is 5.32 Å². The summed E-state index contributed by atoms with van der Waals surface area (Å²) in [6, 6.07) is 9.82. The summed E-state index contributed by atoms with van der Waals surface area (Å²) in [4.78, 5) is 5.36. The van der Waals surface area contributed by atoms with Gasteiger partial charge in [-0.25, -0.2) is 0 Å². The van der Waals surface area contributed by atoms with E-state index in [9.17, 15) is 0 Å². The molecule has 22 heavy (non-hydrogen) atoms. The van der Waals surface area contributed by atoms with Gasteiger partial charge in [0.15, 0.2) is 0 Å². The number of hydrogen-bond donors (Lipinski definition) is 1. The Bertz CT molecular complexity index is 454. The van der Waals surface area contributed by atoms with E-state index in [0.29, 0.717) is 0 Å². The van der Waals surface area contributed by atoms with Crippen LogP contribution >= 0.6 is 11.6 Å². The van der Waals surface area contributed by atoms with Crippen molar-refractivity contribution in [2.45, 2.75) is 44.8 Å². The highest BCUT2D eigenvalue weighted by molar-refractivity contribution is 6.30. The van der Waals surface area contributed by atoms with Crippen molar-refractivity contribution in [2.75, 3.05) is 32.7 Å². The van der Waals surface area contributed by atoms with Gasteiger partial charge in [-0.15, -0.1) is 0 Å². The monoisotopic (exact) mass is 321 g/mol. The average molecular weight is 322 g/mol. The van der Waals surface area contributed by atoms with Gasteiger partial charge < -0.3 is 5.32 Å². The van der Waals surface area contributed by atoms with Gasteiger partial charge >= 0.3 is 0 Å². The number of halogens is 1. The van der Waals surface area contributed by atoms with Gasteiger partial charge in [0, 0.05) is 43.3 Å². The van der Waals surface area contributed by atoms with E-state index in [0.717, 1.165) is 30.2 Å². The predicted molar refractivity (Wildman–Crippen MR) is 93.4 cm³/mol. The van der Waals surface area contributed by atoms with E-state index in [2.05, 4.69) is 34.2 Å². The lowest BCUT2D eigenvalue weighted by Gasteiger charge is -2.44. The van der Waals surface area contributed by atoms with E-state index in [1.54, 1.807) is 0 Å². The summed E-state index contributed by atoms with van der Waals surface area (Å²) in [5, 5.41) is 4.36. The third-order valence-electron chi connectivity index (χ3n) is 5.21. The maximum Gasteiger partial charge on any atom is 0.0406 e. The molecule has 1 atom stereocenters. The summed E-state index contributed by atoms with van der Waals surface area (Å²) in [6.45, 7) is 9.35. The lowest BCUT2D eigenvalue weighted by molar-refractivity contribution is 0.0543. The standard InChI is InChI=1S/C18H28ClN3/c1-2-17-13-20-9-12-22(17)18-7-10-21(11-8-18)14-15-3-5-16(19)6-4-15/h3-6,17-18,20H,2,7-14H2,1H3/t17-/m0/s1. The van der Waals surface area contributed by atoms with E-state index >= 15 is 0 Å². The van der Waals surface area contributed by atoms with E-state index in [1.165, 1.54) is 51.0 Å². The quantitative estimate of drug-likeness (QED) is 0.919. The Labute approximate surface area is 139 Å². The first-order valence-electron chi connectivity index (χ1n) is 8.69. The second kappa shape index (κ2) is 7.78. The molecule has 1 aromatic carbocycles. The molecule has 122 valence electrons. The number of rotatable bonds is 4. The number of nitrogens with zero attached hydrogens (tertiary/aromatic N) is 2. The van der Waals surface area contributed by atoms with Gasteiger partial charge in [0.1, 0.15) is 0 Å². The highest BCUT2D eigenvalue weighted by atomic mass is 35.5. The molecule has 0 aromatic heterocycles.